The highest BCUT2D eigenvalue weighted by Gasteiger charge is 2.29. The number of furan rings is 1. The number of aromatic nitrogens is 1. The number of nitrogen functional groups attached to an aromatic ring is 2. The molecular weight excluding hydrogens is 486 g/mol. The molecule has 35 heavy (non-hydrogen) atoms. The standard InChI is InChI=1S/C24H21N5O4S2/c1-32-24(31)16-11-6-3-2-4-8-14(11)34-22(16)29-21(30)19-18(26)17-15(13-7-5-9-33-13)12(10-25)20(27)28-23(17)35-19/h5,7,9H,2-4,6,8,26H2,1H3,(H2,27,28)(H,29,30). The van der Waals surface area contributed by atoms with Crippen LogP contribution >= 0.6 is 22.7 Å². The largest absolute Gasteiger partial charge is 0.465 e. The Hall–Kier alpha value is -3.88. The van der Waals surface area contributed by atoms with Crippen molar-refractivity contribution in [3.63, 3.8) is 0 Å². The number of nitriles is 1. The molecule has 0 unspecified atom stereocenters. The fourth-order valence-corrected chi connectivity index (χ4v) is 6.71. The van der Waals surface area contributed by atoms with E-state index in [1.54, 1.807) is 12.1 Å². The molecule has 1 aliphatic carbocycles. The number of hydrogen-bond donors (Lipinski definition) is 3. The summed E-state index contributed by atoms with van der Waals surface area (Å²) in [5.74, 6) is -0.534. The Balaban J connectivity index is 1.61. The summed E-state index contributed by atoms with van der Waals surface area (Å²) in [6, 6.07) is 5.43. The lowest BCUT2D eigenvalue weighted by Gasteiger charge is -2.08. The van der Waals surface area contributed by atoms with Gasteiger partial charge in [0.25, 0.3) is 5.91 Å². The number of pyridine rings is 1. The first kappa shape index (κ1) is 22.9. The molecule has 5 rings (SSSR count). The van der Waals surface area contributed by atoms with Crippen molar-refractivity contribution in [2.45, 2.75) is 32.1 Å². The van der Waals surface area contributed by atoms with Gasteiger partial charge in [-0.2, -0.15) is 5.26 Å². The number of anilines is 3. The highest BCUT2D eigenvalue weighted by atomic mass is 32.1. The number of amides is 1. The molecule has 0 saturated heterocycles. The van der Waals surface area contributed by atoms with E-state index in [0.717, 1.165) is 53.9 Å². The number of hydrogen-bond acceptors (Lipinski definition) is 10. The molecular formula is C24H21N5O4S2. The number of esters is 1. The minimum Gasteiger partial charge on any atom is -0.465 e. The average molecular weight is 508 g/mol. The van der Waals surface area contributed by atoms with E-state index in [1.807, 2.05) is 0 Å². The van der Waals surface area contributed by atoms with Gasteiger partial charge in [0, 0.05) is 10.3 Å². The average Bonchev–Trinajstić information content (AvgIpc) is 3.52. The summed E-state index contributed by atoms with van der Waals surface area (Å²) in [7, 11) is 1.33. The number of carbonyl (C=O) groups is 2. The van der Waals surface area contributed by atoms with Gasteiger partial charge in [0.05, 0.1) is 30.2 Å². The third kappa shape index (κ3) is 3.80. The van der Waals surface area contributed by atoms with Crippen molar-refractivity contribution in [1.82, 2.24) is 4.98 Å². The van der Waals surface area contributed by atoms with Crippen molar-refractivity contribution in [3.8, 4) is 17.4 Å². The zero-order valence-corrected chi connectivity index (χ0v) is 20.4. The van der Waals surface area contributed by atoms with Gasteiger partial charge in [-0.05, 0) is 43.4 Å². The molecule has 0 saturated carbocycles. The first-order chi connectivity index (χ1) is 16.9. The van der Waals surface area contributed by atoms with Crippen LogP contribution in [0, 0.1) is 11.3 Å². The first-order valence-corrected chi connectivity index (χ1v) is 12.6. The van der Waals surface area contributed by atoms with Gasteiger partial charge >= 0.3 is 5.97 Å². The molecule has 9 nitrogen and oxygen atoms in total. The van der Waals surface area contributed by atoms with Crippen LogP contribution in [0.2, 0.25) is 0 Å². The summed E-state index contributed by atoms with van der Waals surface area (Å²) >= 11 is 2.47. The van der Waals surface area contributed by atoms with Crippen LogP contribution in [0.1, 0.15) is 55.3 Å². The summed E-state index contributed by atoms with van der Waals surface area (Å²) in [4.78, 5) is 32.1. The molecule has 0 bridgehead atoms. The first-order valence-electron chi connectivity index (χ1n) is 10.9. The van der Waals surface area contributed by atoms with Gasteiger partial charge in [0.2, 0.25) is 0 Å². The number of nitrogens with two attached hydrogens (primary N) is 2. The zero-order chi connectivity index (χ0) is 24.7. The van der Waals surface area contributed by atoms with Gasteiger partial charge in [-0.25, -0.2) is 9.78 Å². The van der Waals surface area contributed by atoms with Gasteiger partial charge in [0.15, 0.2) is 0 Å². The Labute approximate surface area is 208 Å². The van der Waals surface area contributed by atoms with Crippen molar-refractivity contribution in [3.05, 3.63) is 44.8 Å². The van der Waals surface area contributed by atoms with E-state index in [0.29, 0.717) is 32.1 Å². The highest BCUT2D eigenvalue weighted by molar-refractivity contribution is 7.21. The number of nitrogens with one attached hydrogen (secondary N) is 1. The molecule has 178 valence electrons. The molecule has 4 heterocycles. The summed E-state index contributed by atoms with van der Waals surface area (Å²) in [5.41, 5.74) is 14.5. The van der Waals surface area contributed by atoms with Gasteiger partial charge in [-0.1, -0.05) is 6.42 Å². The Bertz CT molecular complexity index is 1510. The fraction of sp³-hybridized carbons (Fsp3) is 0.250. The Morgan fingerprint density at radius 3 is 2.74 bits per heavy atom. The van der Waals surface area contributed by atoms with Crippen LogP contribution in [0.25, 0.3) is 21.5 Å². The highest BCUT2D eigenvalue weighted by Crippen LogP contribution is 2.44. The van der Waals surface area contributed by atoms with E-state index in [1.165, 1.54) is 24.7 Å². The lowest BCUT2D eigenvalue weighted by Crippen LogP contribution is -2.14. The second kappa shape index (κ2) is 9.05. The molecule has 4 aromatic heterocycles. The van der Waals surface area contributed by atoms with Crippen molar-refractivity contribution in [1.29, 1.82) is 5.26 Å². The number of aryl methyl sites for hydroxylation is 1. The molecule has 5 N–H and O–H groups in total. The Kier molecular flexibility index (Phi) is 5.92. The molecule has 1 aliphatic rings. The van der Waals surface area contributed by atoms with E-state index < -0.39 is 11.9 Å². The molecule has 0 aromatic carbocycles. The summed E-state index contributed by atoms with van der Waals surface area (Å²) in [5, 5.41) is 13.4. The predicted octanol–water partition coefficient (Wildman–Crippen LogP) is 4.96. The van der Waals surface area contributed by atoms with Crippen LogP contribution in [0.15, 0.2) is 22.8 Å². The Morgan fingerprint density at radius 1 is 1.23 bits per heavy atom. The van der Waals surface area contributed by atoms with Crippen LogP contribution in [0.3, 0.4) is 0 Å². The lowest BCUT2D eigenvalue weighted by molar-refractivity contribution is 0.0601. The minimum atomic E-state index is -0.477. The topological polar surface area (TPSA) is 157 Å². The third-order valence-electron chi connectivity index (χ3n) is 6.03. The van der Waals surface area contributed by atoms with Crippen LogP contribution in [0.5, 0.6) is 0 Å². The second-order valence-electron chi connectivity index (χ2n) is 8.08. The number of rotatable bonds is 4. The van der Waals surface area contributed by atoms with E-state index >= 15 is 0 Å². The zero-order valence-electron chi connectivity index (χ0n) is 18.8. The number of ether oxygens (including phenoxy) is 1. The fourth-order valence-electron chi connectivity index (χ4n) is 4.43. The van der Waals surface area contributed by atoms with Crippen LogP contribution < -0.4 is 16.8 Å². The Morgan fingerprint density at radius 2 is 2.03 bits per heavy atom. The number of nitrogens with zero attached hydrogens (tertiary/aromatic N) is 2. The monoisotopic (exact) mass is 507 g/mol. The van der Waals surface area contributed by atoms with Gasteiger partial charge in [-0.15, -0.1) is 22.7 Å². The van der Waals surface area contributed by atoms with Crippen molar-refractivity contribution >= 4 is 61.3 Å². The maximum Gasteiger partial charge on any atom is 0.341 e. The van der Waals surface area contributed by atoms with E-state index in [-0.39, 0.29) is 21.9 Å². The molecule has 4 aromatic rings. The van der Waals surface area contributed by atoms with Gasteiger partial charge in [-0.3, -0.25) is 4.79 Å². The minimum absolute atomic E-state index is 0.0228. The van der Waals surface area contributed by atoms with Crippen LogP contribution in [-0.2, 0) is 17.6 Å². The van der Waals surface area contributed by atoms with Gasteiger partial charge in [0.1, 0.15) is 37.9 Å². The SMILES string of the molecule is COC(=O)c1c(NC(=O)c2sc3nc(N)c(C#N)c(-c4ccco4)c3c2N)sc2c1CCCCC2. The van der Waals surface area contributed by atoms with E-state index in [2.05, 4.69) is 16.4 Å². The van der Waals surface area contributed by atoms with E-state index in [4.69, 9.17) is 20.6 Å². The van der Waals surface area contributed by atoms with Crippen molar-refractivity contribution < 1.29 is 18.7 Å². The number of carbonyl (C=O) groups excluding carboxylic acids is 2. The maximum absolute atomic E-state index is 13.4. The van der Waals surface area contributed by atoms with Crippen LogP contribution in [-0.4, -0.2) is 24.0 Å². The molecule has 0 radical (unpaired) electrons. The number of methoxy groups -OCH3 is 1. The van der Waals surface area contributed by atoms with E-state index in [9.17, 15) is 14.9 Å². The molecule has 0 fully saturated rings. The second-order valence-corrected chi connectivity index (χ2v) is 10.2. The number of fused-ring (bicyclic) bond motifs is 2. The summed E-state index contributed by atoms with van der Waals surface area (Å²) < 4.78 is 10.5. The molecule has 1 amide bonds. The summed E-state index contributed by atoms with van der Waals surface area (Å²) in [6.45, 7) is 0. The molecule has 0 spiro atoms. The third-order valence-corrected chi connectivity index (χ3v) is 8.33. The molecule has 0 atom stereocenters. The predicted molar refractivity (Wildman–Crippen MR) is 136 cm³/mol. The van der Waals surface area contributed by atoms with Crippen molar-refractivity contribution in [2.75, 3.05) is 23.9 Å². The lowest BCUT2D eigenvalue weighted by atomic mass is 10.0. The van der Waals surface area contributed by atoms with Crippen molar-refractivity contribution in [2.24, 2.45) is 0 Å². The smallest absolute Gasteiger partial charge is 0.341 e. The van der Waals surface area contributed by atoms with Crippen LogP contribution in [0.4, 0.5) is 16.5 Å². The quantitative estimate of drug-likeness (QED) is 0.258. The summed E-state index contributed by atoms with van der Waals surface area (Å²) in [6.07, 6.45) is 6.22. The number of thiophene rings is 2. The molecule has 0 aliphatic heterocycles. The normalized spacial score (nSPS) is 13.1. The maximum atomic E-state index is 13.4. The van der Waals surface area contributed by atoms with Gasteiger partial charge < -0.3 is 25.9 Å². The molecule has 11 heteroatoms.